The van der Waals surface area contributed by atoms with Crippen molar-refractivity contribution in [2.75, 3.05) is 49.2 Å². The van der Waals surface area contributed by atoms with Crippen molar-refractivity contribution in [1.82, 2.24) is 5.32 Å². The number of morpholine rings is 1. The summed E-state index contributed by atoms with van der Waals surface area (Å²) in [4.78, 5) is 38.0. The molecule has 1 atom stereocenters. The Morgan fingerprint density at radius 3 is 2.53 bits per heavy atom. The highest BCUT2D eigenvalue weighted by Gasteiger charge is 2.33. The molecule has 2 fully saturated rings. The van der Waals surface area contributed by atoms with Gasteiger partial charge in [0.1, 0.15) is 11.9 Å². The maximum absolute atomic E-state index is 14.7. The Morgan fingerprint density at radius 1 is 1.12 bits per heavy atom. The van der Waals surface area contributed by atoms with Crippen molar-refractivity contribution in [1.29, 1.82) is 0 Å². The van der Waals surface area contributed by atoms with Crippen molar-refractivity contribution in [2.45, 2.75) is 44.6 Å². The monoisotopic (exact) mass is 451 g/mol. The average Bonchev–Trinajstić information content (AvgIpc) is 3.15. The standard InChI is InChI=1S/C22H30FN3O6/c23-18-13-16(7-8-19(18)25-9-11-31-12-10-25)26-15-17(32-22(26)30)14-24-20(27)5-3-1-2-4-6-21(28)29/h7-8,13,17H,1-6,9-12,14-15H2,(H,24,27)(H,28,29)/t17-/m0/s1. The van der Waals surface area contributed by atoms with E-state index in [0.717, 1.165) is 12.8 Å². The number of halogens is 1. The highest BCUT2D eigenvalue weighted by Crippen LogP contribution is 2.28. The van der Waals surface area contributed by atoms with Gasteiger partial charge in [0.2, 0.25) is 5.91 Å². The number of cyclic esters (lactones) is 1. The van der Waals surface area contributed by atoms with E-state index in [2.05, 4.69) is 5.32 Å². The van der Waals surface area contributed by atoms with E-state index < -0.39 is 24.0 Å². The fourth-order valence-corrected chi connectivity index (χ4v) is 3.79. The lowest BCUT2D eigenvalue weighted by atomic mass is 10.1. The number of nitrogens with zero attached hydrogens (tertiary/aromatic N) is 2. The Balaban J connectivity index is 1.41. The van der Waals surface area contributed by atoms with E-state index in [0.29, 0.717) is 56.9 Å². The molecular weight excluding hydrogens is 421 g/mol. The lowest BCUT2D eigenvalue weighted by Crippen LogP contribution is -2.37. The van der Waals surface area contributed by atoms with Crippen molar-refractivity contribution in [3.63, 3.8) is 0 Å². The Labute approximate surface area is 186 Å². The number of carboxylic acids is 1. The lowest BCUT2D eigenvalue weighted by molar-refractivity contribution is -0.137. The minimum atomic E-state index is -0.807. The first-order chi connectivity index (χ1) is 15.4. The summed E-state index contributed by atoms with van der Waals surface area (Å²) < 4.78 is 25.3. The predicted octanol–water partition coefficient (Wildman–Crippen LogP) is 2.53. The van der Waals surface area contributed by atoms with Crippen molar-refractivity contribution < 1.29 is 33.4 Å². The summed E-state index contributed by atoms with van der Waals surface area (Å²) in [5, 5.41) is 11.4. The van der Waals surface area contributed by atoms with Gasteiger partial charge in [0.05, 0.1) is 37.7 Å². The van der Waals surface area contributed by atoms with Gasteiger partial charge in [-0.05, 0) is 31.0 Å². The zero-order valence-corrected chi connectivity index (χ0v) is 18.1. The Morgan fingerprint density at radius 2 is 1.84 bits per heavy atom. The van der Waals surface area contributed by atoms with Crippen LogP contribution in [0, 0.1) is 5.82 Å². The van der Waals surface area contributed by atoms with Crippen LogP contribution in [0.2, 0.25) is 0 Å². The number of anilines is 2. The molecule has 10 heteroatoms. The summed E-state index contributed by atoms with van der Waals surface area (Å²) in [6.07, 6.45) is 2.26. The minimum absolute atomic E-state index is 0.140. The number of hydrogen-bond donors (Lipinski definition) is 2. The third-order valence-electron chi connectivity index (χ3n) is 5.54. The zero-order chi connectivity index (χ0) is 22.9. The highest BCUT2D eigenvalue weighted by atomic mass is 19.1. The molecule has 0 saturated carbocycles. The van der Waals surface area contributed by atoms with Gasteiger partial charge in [0.15, 0.2) is 0 Å². The van der Waals surface area contributed by atoms with Crippen molar-refractivity contribution in [2.24, 2.45) is 0 Å². The van der Waals surface area contributed by atoms with E-state index in [1.165, 1.54) is 11.0 Å². The van der Waals surface area contributed by atoms with Crippen LogP contribution in [-0.2, 0) is 19.1 Å². The summed E-state index contributed by atoms with van der Waals surface area (Å²) in [5.74, 6) is -1.35. The largest absolute Gasteiger partial charge is 0.481 e. The molecule has 0 radical (unpaired) electrons. The van der Waals surface area contributed by atoms with Crippen molar-refractivity contribution >= 4 is 29.3 Å². The first-order valence-electron chi connectivity index (χ1n) is 11.0. The third kappa shape index (κ3) is 6.81. The normalized spacial score (nSPS) is 18.5. The molecule has 3 rings (SSSR count). The van der Waals surface area contributed by atoms with Crippen molar-refractivity contribution in [3.05, 3.63) is 24.0 Å². The topological polar surface area (TPSA) is 108 Å². The smallest absolute Gasteiger partial charge is 0.414 e. The van der Waals surface area contributed by atoms with Gasteiger partial charge in [-0.1, -0.05) is 12.8 Å². The molecule has 2 aliphatic heterocycles. The highest BCUT2D eigenvalue weighted by molar-refractivity contribution is 5.90. The Kier molecular flexibility index (Phi) is 8.66. The summed E-state index contributed by atoms with van der Waals surface area (Å²) in [6, 6.07) is 4.69. The van der Waals surface area contributed by atoms with Gasteiger partial charge in [0, 0.05) is 25.9 Å². The molecule has 9 nitrogen and oxygen atoms in total. The molecule has 2 amide bonds. The number of carboxylic acid groups (broad SMARTS) is 1. The number of ether oxygens (including phenoxy) is 2. The van der Waals surface area contributed by atoms with Gasteiger partial charge in [0.25, 0.3) is 0 Å². The van der Waals surface area contributed by atoms with Crippen LogP contribution in [0.25, 0.3) is 0 Å². The number of carbonyl (C=O) groups is 3. The van der Waals surface area contributed by atoms with Crippen LogP contribution in [0.1, 0.15) is 38.5 Å². The summed E-state index contributed by atoms with van der Waals surface area (Å²) in [5.41, 5.74) is 0.899. The van der Waals surface area contributed by atoms with Crippen LogP contribution in [-0.4, -0.2) is 68.6 Å². The number of nitrogens with one attached hydrogen (secondary N) is 1. The molecule has 176 valence electrons. The molecule has 2 N–H and O–H groups in total. The molecule has 32 heavy (non-hydrogen) atoms. The summed E-state index contributed by atoms with van der Waals surface area (Å²) >= 11 is 0. The van der Waals surface area contributed by atoms with Gasteiger partial charge in [-0.15, -0.1) is 0 Å². The zero-order valence-electron chi connectivity index (χ0n) is 18.1. The van der Waals surface area contributed by atoms with Gasteiger partial charge in [-0.2, -0.15) is 0 Å². The van der Waals surface area contributed by atoms with E-state index in [1.54, 1.807) is 12.1 Å². The van der Waals surface area contributed by atoms with E-state index in [-0.39, 0.29) is 25.4 Å². The van der Waals surface area contributed by atoms with Crippen LogP contribution in [0.3, 0.4) is 0 Å². The fraction of sp³-hybridized carbons (Fsp3) is 0.591. The van der Waals surface area contributed by atoms with E-state index >= 15 is 0 Å². The number of unbranched alkanes of at least 4 members (excludes halogenated alkanes) is 3. The molecule has 0 spiro atoms. The Bertz CT molecular complexity index is 815. The second-order valence-corrected chi connectivity index (χ2v) is 7.96. The Hall–Kier alpha value is -2.88. The quantitative estimate of drug-likeness (QED) is 0.498. The molecular formula is C22H30FN3O6. The third-order valence-corrected chi connectivity index (χ3v) is 5.54. The molecule has 0 bridgehead atoms. The molecule has 0 aromatic heterocycles. The molecule has 2 saturated heterocycles. The van der Waals surface area contributed by atoms with E-state index in [9.17, 15) is 18.8 Å². The number of aliphatic carboxylic acids is 1. The molecule has 1 aromatic carbocycles. The first kappa shape index (κ1) is 23.8. The number of carbonyl (C=O) groups excluding carboxylic acids is 2. The summed E-state index contributed by atoms with van der Waals surface area (Å²) in [6.45, 7) is 2.76. The van der Waals surface area contributed by atoms with Gasteiger partial charge >= 0.3 is 12.1 Å². The van der Waals surface area contributed by atoms with E-state index in [1.807, 2.05) is 4.90 Å². The van der Waals surface area contributed by atoms with Crippen LogP contribution in [0.15, 0.2) is 18.2 Å². The molecule has 0 unspecified atom stereocenters. The molecule has 2 heterocycles. The fourth-order valence-electron chi connectivity index (χ4n) is 3.79. The second kappa shape index (κ2) is 11.7. The number of benzene rings is 1. The number of hydrogen-bond acceptors (Lipinski definition) is 6. The van der Waals surface area contributed by atoms with Crippen molar-refractivity contribution in [3.8, 4) is 0 Å². The second-order valence-electron chi connectivity index (χ2n) is 7.96. The van der Waals surface area contributed by atoms with Crippen LogP contribution < -0.4 is 15.1 Å². The number of rotatable bonds is 11. The van der Waals surface area contributed by atoms with Gasteiger partial charge in [-0.3, -0.25) is 14.5 Å². The molecule has 2 aliphatic rings. The van der Waals surface area contributed by atoms with Crippen LogP contribution in [0.5, 0.6) is 0 Å². The summed E-state index contributed by atoms with van der Waals surface area (Å²) in [7, 11) is 0. The van der Waals surface area contributed by atoms with Gasteiger partial charge in [-0.25, -0.2) is 9.18 Å². The molecule has 0 aliphatic carbocycles. The lowest BCUT2D eigenvalue weighted by Gasteiger charge is -2.29. The first-order valence-corrected chi connectivity index (χ1v) is 11.0. The maximum atomic E-state index is 14.7. The minimum Gasteiger partial charge on any atom is -0.481 e. The number of amides is 2. The molecule has 1 aromatic rings. The van der Waals surface area contributed by atoms with Crippen LogP contribution >= 0.6 is 0 Å². The van der Waals surface area contributed by atoms with Gasteiger partial charge < -0.3 is 24.8 Å². The SMILES string of the molecule is O=C(O)CCCCCCC(=O)NC[C@H]1CN(c2ccc(N3CCOCC3)c(F)c2)C(=O)O1. The van der Waals surface area contributed by atoms with E-state index in [4.69, 9.17) is 14.6 Å². The average molecular weight is 451 g/mol. The maximum Gasteiger partial charge on any atom is 0.414 e. The predicted molar refractivity (Wildman–Crippen MR) is 115 cm³/mol. The van der Waals surface area contributed by atoms with Crippen LogP contribution in [0.4, 0.5) is 20.6 Å².